The molecule has 0 N–H and O–H groups in total. The van der Waals surface area contributed by atoms with E-state index in [2.05, 4.69) is 35.0 Å². The number of amides is 1. The van der Waals surface area contributed by atoms with Crippen LogP contribution in [0.3, 0.4) is 0 Å². The van der Waals surface area contributed by atoms with Gasteiger partial charge >= 0.3 is 0 Å². The Labute approximate surface area is 111 Å². The van der Waals surface area contributed by atoms with Crippen molar-refractivity contribution in [3.8, 4) is 0 Å². The zero-order valence-corrected chi connectivity index (χ0v) is 11.7. The first kappa shape index (κ1) is 12.6. The third kappa shape index (κ3) is 3.32. The van der Waals surface area contributed by atoms with Gasteiger partial charge in [0.05, 0.1) is 0 Å². The van der Waals surface area contributed by atoms with Crippen LogP contribution in [0, 0.1) is 5.92 Å². The van der Waals surface area contributed by atoms with Crippen LogP contribution in [0.15, 0.2) is 28.7 Å². The SMILES string of the molecule is CCCC1CC(=O)N(Cc2ccc(Br)cc2)C1. The molecule has 1 aromatic carbocycles. The van der Waals surface area contributed by atoms with Crippen LogP contribution in [0.1, 0.15) is 31.7 Å². The molecule has 0 bridgehead atoms. The van der Waals surface area contributed by atoms with Crippen molar-refractivity contribution >= 4 is 21.8 Å². The maximum atomic E-state index is 11.8. The van der Waals surface area contributed by atoms with Gasteiger partial charge in [-0.3, -0.25) is 4.79 Å². The number of rotatable bonds is 4. The average molecular weight is 296 g/mol. The summed E-state index contributed by atoms with van der Waals surface area (Å²) < 4.78 is 1.08. The van der Waals surface area contributed by atoms with Crippen LogP contribution in [0.2, 0.25) is 0 Å². The summed E-state index contributed by atoms with van der Waals surface area (Å²) in [5.74, 6) is 0.884. The van der Waals surface area contributed by atoms with E-state index in [9.17, 15) is 4.79 Å². The van der Waals surface area contributed by atoms with Gasteiger partial charge < -0.3 is 4.90 Å². The van der Waals surface area contributed by atoms with Gasteiger partial charge in [-0.15, -0.1) is 0 Å². The van der Waals surface area contributed by atoms with E-state index in [4.69, 9.17) is 0 Å². The molecule has 0 aromatic heterocycles. The van der Waals surface area contributed by atoms with Crippen LogP contribution < -0.4 is 0 Å². The second-order valence-electron chi connectivity index (χ2n) is 4.76. The van der Waals surface area contributed by atoms with Gasteiger partial charge in [-0.1, -0.05) is 41.4 Å². The third-order valence-electron chi connectivity index (χ3n) is 3.28. The minimum Gasteiger partial charge on any atom is -0.338 e. The lowest BCUT2D eigenvalue weighted by atomic mass is 10.0. The lowest BCUT2D eigenvalue weighted by Crippen LogP contribution is -2.24. The van der Waals surface area contributed by atoms with Gasteiger partial charge in [-0.2, -0.15) is 0 Å². The molecule has 1 saturated heterocycles. The third-order valence-corrected chi connectivity index (χ3v) is 3.81. The molecule has 1 aliphatic heterocycles. The second kappa shape index (κ2) is 5.67. The number of hydrogen-bond acceptors (Lipinski definition) is 1. The lowest BCUT2D eigenvalue weighted by molar-refractivity contribution is -0.128. The van der Waals surface area contributed by atoms with Crippen LogP contribution in [0.4, 0.5) is 0 Å². The Morgan fingerprint density at radius 2 is 2.06 bits per heavy atom. The summed E-state index contributed by atoms with van der Waals surface area (Å²) in [6.45, 7) is 3.87. The summed E-state index contributed by atoms with van der Waals surface area (Å²) >= 11 is 3.42. The Balaban J connectivity index is 1.95. The highest BCUT2D eigenvalue weighted by atomic mass is 79.9. The molecular weight excluding hydrogens is 278 g/mol. The lowest BCUT2D eigenvalue weighted by Gasteiger charge is -2.16. The monoisotopic (exact) mass is 295 g/mol. The summed E-state index contributed by atoms with van der Waals surface area (Å²) in [4.78, 5) is 13.8. The smallest absolute Gasteiger partial charge is 0.223 e. The second-order valence-corrected chi connectivity index (χ2v) is 5.68. The molecule has 1 aromatic rings. The van der Waals surface area contributed by atoms with E-state index >= 15 is 0 Å². The topological polar surface area (TPSA) is 20.3 Å². The summed E-state index contributed by atoms with van der Waals surface area (Å²) in [5, 5.41) is 0. The first-order valence-corrected chi connectivity index (χ1v) is 7.00. The predicted molar refractivity (Wildman–Crippen MR) is 72.6 cm³/mol. The van der Waals surface area contributed by atoms with E-state index in [0.717, 1.165) is 24.0 Å². The van der Waals surface area contributed by atoms with Crippen molar-refractivity contribution in [2.45, 2.75) is 32.7 Å². The van der Waals surface area contributed by atoms with Gasteiger partial charge in [-0.05, 0) is 30.0 Å². The quantitative estimate of drug-likeness (QED) is 0.831. The van der Waals surface area contributed by atoms with Gasteiger partial charge in [0.15, 0.2) is 0 Å². The highest BCUT2D eigenvalue weighted by Gasteiger charge is 2.28. The van der Waals surface area contributed by atoms with E-state index in [1.165, 1.54) is 18.4 Å². The minimum absolute atomic E-state index is 0.311. The summed E-state index contributed by atoms with van der Waals surface area (Å²) in [7, 11) is 0. The molecule has 0 radical (unpaired) electrons. The molecule has 1 unspecified atom stereocenters. The molecular formula is C14H18BrNO. The van der Waals surface area contributed by atoms with Crippen molar-refractivity contribution in [2.75, 3.05) is 6.54 Å². The zero-order chi connectivity index (χ0) is 12.3. The van der Waals surface area contributed by atoms with Crippen molar-refractivity contribution < 1.29 is 4.79 Å². The van der Waals surface area contributed by atoms with Gasteiger partial charge in [0.2, 0.25) is 5.91 Å². The van der Waals surface area contributed by atoms with Crippen LogP contribution in [0.25, 0.3) is 0 Å². The Morgan fingerprint density at radius 1 is 1.35 bits per heavy atom. The van der Waals surface area contributed by atoms with Crippen molar-refractivity contribution in [3.63, 3.8) is 0 Å². The summed E-state index contributed by atoms with van der Waals surface area (Å²) in [6.07, 6.45) is 3.08. The van der Waals surface area contributed by atoms with E-state index in [0.29, 0.717) is 11.8 Å². The van der Waals surface area contributed by atoms with Crippen LogP contribution in [0.5, 0.6) is 0 Å². The number of likely N-dealkylation sites (tertiary alicyclic amines) is 1. The highest BCUT2D eigenvalue weighted by Crippen LogP contribution is 2.24. The van der Waals surface area contributed by atoms with Crippen molar-refractivity contribution in [1.82, 2.24) is 4.90 Å². The van der Waals surface area contributed by atoms with Gasteiger partial charge in [0.25, 0.3) is 0 Å². The fourth-order valence-corrected chi connectivity index (χ4v) is 2.68. The Bertz CT molecular complexity index is 388. The molecule has 3 heteroatoms. The summed E-state index contributed by atoms with van der Waals surface area (Å²) in [6, 6.07) is 8.20. The largest absolute Gasteiger partial charge is 0.338 e. The number of hydrogen-bond donors (Lipinski definition) is 0. The van der Waals surface area contributed by atoms with E-state index in [1.807, 2.05) is 17.0 Å². The molecule has 0 spiro atoms. The van der Waals surface area contributed by atoms with Crippen molar-refractivity contribution in [1.29, 1.82) is 0 Å². The van der Waals surface area contributed by atoms with Crippen LogP contribution in [-0.4, -0.2) is 17.4 Å². The first-order chi connectivity index (χ1) is 8.19. The van der Waals surface area contributed by atoms with Gasteiger partial charge in [0.1, 0.15) is 0 Å². The standard InChI is InChI=1S/C14H18BrNO/c1-2-3-12-8-14(17)16(10-12)9-11-4-6-13(15)7-5-11/h4-7,12H,2-3,8-10H2,1H3. The highest BCUT2D eigenvalue weighted by molar-refractivity contribution is 9.10. The molecule has 1 heterocycles. The molecule has 1 fully saturated rings. The number of carbonyl (C=O) groups is 1. The maximum Gasteiger partial charge on any atom is 0.223 e. The van der Waals surface area contributed by atoms with E-state index < -0.39 is 0 Å². The fourth-order valence-electron chi connectivity index (χ4n) is 2.42. The predicted octanol–water partition coefficient (Wildman–Crippen LogP) is 3.60. The Morgan fingerprint density at radius 3 is 2.71 bits per heavy atom. The van der Waals surface area contributed by atoms with Crippen molar-refractivity contribution in [2.24, 2.45) is 5.92 Å². The van der Waals surface area contributed by atoms with Gasteiger partial charge in [-0.25, -0.2) is 0 Å². The maximum absolute atomic E-state index is 11.8. The Hall–Kier alpha value is -0.830. The number of halogens is 1. The molecule has 2 rings (SSSR count). The van der Waals surface area contributed by atoms with Crippen molar-refractivity contribution in [3.05, 3.63) is 34.3 Å². The molecule has 2 nitrogen and oxygen atoms in total. The molecule has 1 atom stereocenters. The van der Waals surface area contributed by atoms with Gasteiger partial charge in [0, 0.05) is 24.0 Å². The normalized spacial score (nSPS) is 20.0. The number of carbonyl (C=O) groups excluding carboxylic acids is 1. The molecule has 1 aliphatic rings. The van der Waals surface area contributed by atoms with E-state index in [-0.39, 0.29) is 0 Å². The minimum atomic E-state index is 0.311. The van der Waals surface area contributed by atoms with E-state index in [1.54, 1.807) is 0 Å². The molecule has 1 amide bonds. The molecule has 92 valence electrons. The number of nitrogens with zero attached hydrogens (tertiary/aromatic N) is 1. The van der Waals surface area contributed by atoms with Crippen LogP contribution in [-0.2, 0) is 11.3 Å². The Kier molecular flexibility index (Phi) is 4.21. The summed E-state index contributed by atoms with van der Waals surface area (Å²) in [5.41, 5.74) is 1.21. The average Bonchev–Trinajstić information content (AvgIpc) is 2.63. The molecule has 17 heavy (non-hydrogen) atoms. The first-order valence-electron chi connectivity index (χ1n) is 6.21. The molecule has 0 aliphatic carbocycles. The zero-order valence-electron chi connectivity index (χ0n) is 10.2. The number of benzene rings is 1. The molecule has 0 saturated carbocycles. The van der Waals surface area contributed by atoms with Crippen LogP contribution >= 0.6 is 15.9 Å². The fraction of sp³-hybridized carbons (Fsp3) is 0.500.